The third-order valence-electron chi connectivity index (χ3n) is 1.37. The Bertz CT molecular complexity index is 241. The predicted molar refractivity (Wildman–Crippen MR) is 45.8 cm³/mol. The molecule has 1 radical (unpaired) electrons. The van der Waals surface area contributed by atoms with E-state index in [4.69, 9.17) is 4.74 Å². The van der Waals surface area contributed by atoms with Crippen molar-refractivity contribution in [2.24, 2.45) is 0 Å². The van der Waals surface area contributed by atoms with Crippen molar-refractivity contribution in [1.82, 2.24) is 0 Å². The highest BCUT2D eigenvalue weighted by Gasteiger charge is 2.00. The molecule has 0 amide bonds. The first kappa shape index (κ1) is 8.78. The van der Waals surface area contributed by atoms with Gasteiger partial charge in [-0.15, -0.1) is 0 Å². The lowest BCUT2D eigenvalue weighted by molar-refractivity contribution is -0.134. The molecule has 0 atom stereocenters. The molecule has 0 heterocycles. The zero-order valence-corrected chi connectivity index (χ0v) is 7.04. The maximum atomic E-state index is 11.0. The topological polar surface area (TPSA) is 26.3 Å². The summed E-state index contributed by atoms with van der Waals surface area (Å²) in [6.07, 6.45) is 1.29. The molecule has 0 aliphatic heterocycles. The molecule has 0 aromatic heterocycles. The molecule has 1 aromatic carbocycles. The van der Waals surface area contributed by atoms with Crippen LogP contribution in [0.1, 0.15) is 19.8 Å². The average Bonchev–Trinajstić information content (AvgIpc) is 2.06. The van der Waals surface area contributed by atoms with E-state index in [1.165, 1.54) is 0 Å². The predicted octanol–water partition coefficient (Wildman–Crippen LogP) is 2.19. The van der Waals surface area contributed by atoms with Gasteiger partial charge < -0.3 is 4.74 Å². The lowest BCUT2D eigenvalue weighted by Gasteiger charge is -2.01. The average molecular weight is 163 g/mol. The minimum Gasteiger partial charge on any atom is -0.427 e. The summed E-state index contributed by atoms with van der Waals surface area (Å²) in [5.74, 6) is 0.413. The second-order valence-electron chi connectivity index (χ2n) is 2.46. The molecule has 0 spiro atoms. The number of esters is 1. The number of ether oxygens (including phenoxy) is 1. The van der Waals surface area contributed by atoms with E-state index >= 15 is 0 Å². The second-order valence-corrected chi connectivity index (χ2v) is 2.46. The quantitative estimate of drug-likeness (QED) is 0.504. The van der Waals surface area contributed by atoms with Gasteiger partial charge >= 0.3 is 5.97 Å². The molecule has 2 heteroatoms. The highest BCUT2D eigenvalue weighted by molar-refractivity contribution is 5.72. The van der Waals surface area contributed by atoms with Gasteiger partial charge in [-0.05, 0) is 24.6 Å². The molecule has 1 rings (SSSR count). The third kappa shape index (κ3) is 2.74. The highest BCUT2D eigenvalue weighted by Crippen LogP contribution is 2.08. The molecule has 0 N–H and O–H groups in total. The number of carbonyl (C=O) groups excluding carboxylic acids is 1. The molecule has 0 aliphatic rings. The first-order valence-corrected chi connectivity index (χ1v) is 3.99. The fraction of sp³-hybridized carbons (Fsp3) is 0.300. The van der Waals surface area contributed by atoms with Gasteiger partial charge in [0.25, 0.3) is 0 Å². The summed E-state index contributed by atoms with van der Waals surface area (Å²) in [6.45, 7) is 1.94. The molecular weight excluding hydrogens is 152 g/mol. The summed E-state index contributed by atoms with van der Waals surface area (Å²) in [5.41, 5.74) is 0. The fourth-order valence-electron chi connectivity index (χ4n) is 0.826. The Kier molecular flexibility index (Phi) is 3.33. The normalized spacial score (nSPS) is 9.42. The van der Waals surface area contributed by atoms with E-state index in [-0.39, 0.29) is 5.97 Å². The van der Waals surface area contributed by atoms with Gasteiger partial charge in [0.15, 0.2) is 0 Å². The van der Waals surface area contributed by atoms with Gasteiger partial charge in [0.2, 0.25) is 0 Å². The van der Waals surface area contributed by atoms with Gasteiger partial charge in [-0.2, -0.15) is 0 Å². The van der Waals surface area contributed by atoms with Crippen LogP contribution in [0.25, 0.3) is 0 Å². The first-order valence-electron chi connectivity index (χ1n) is 3.99. The van der Waals surface area contributed by atoms with Crippen LogP contribution in [0.5, 0.6) is 5.75 Å². The van der Waals surface area contributed by atoms with Crippen molar-refractivity contribution in [3.8, 4) is 5.75 Å². The lowest BCUT2D eigenvalue weighted by Crippen LogP contribution is -2.06. The van der Waals surface area contributed by atoms with E-state index in [0.29, 0.717) is 12.2 Å². The van der Waals surface area contributed by atoms with Gasteiger partial charge in [0.1, 0.15) is 5.75 Å². The Morgan fingerprint density at radius 1 is 1.50 bits per heavy atom. The van der Waals surface area contributed by atoms with E-state index in [2.05, 4.69) is 6.07 Å². The van der Waals surface area contributed by atoms with Crippen molar-refractivity contribution in [2.45, 2.75) is 19.8 Å². The molecule has 2 nitrogen and oxygen atoms in total. The molecule has 0 saturated carbocycles. The maximum absolute atomic E-state index is 11.0. The summed E-state index contributed by atoms with van der Waals surface area (Å²) < 4.78 is 5.00. The molecule has 0 aliphatic carbocycles. The van der Waals surface area contributed by atoms with Crippen molar-refractivity contribution in [3.63, 3.8) is 0 Å². The van der Waals surface area contributed by atoms with E-state index in [1.807, 2.05) is 6.92 Å². The number of carbonyl (C=O) groups is 1. The van der Waals surface area contributed by atoms with E-state index in [1.54, 1.807) is 24.3 Å². The summed E-state index contributed by atoms with van der Waals surface area (Å²) >= 11 is 0. The van der Waals surface area contributed by atoms with Gasteiger partial charge in [-0.25, -0.2) is 0 Å². The molecular formula is C10H11O2. The zero-order chi connectivity index (χ0) is 8.81. The molecule has 63 valence electrons. The van der Waals surface area contributed by atoms with Crippen LogP contribution in [-0.2, 0) is 4.79 Å². The highest BCUT2D eigenvalue weighted by atomic mass is 16.5. The third-order valence-corrected chi connectivity index (χ3v) is 1.37. The molecule has 0 saturated heterocycles. The first-order chi connectivity index (χ1) is 5.83. The maximum Gasteiger partial charge on any atom is 0.311 e. The molecule has 0 fully saturated rings. The largest absolute Gasteiger partial charge is 0.427 e. The van der Waals surface area contributed by atoms with Crippen molar-refractivity contribution in [1.29, 1.82) is 0 Å². The van der Waals surface area contributed by atoms with Gasteiger partial charge in [-0.3, -0.25) is 4.79 Å². The number of hydrogen-bond donors (Lipinski definition) is 0. The summed E-state index contributed by atoms with van der Waals surface area (Å²) in [6, 6.07) is 9.71. The molecule has 1 aromatic rings. The monoisotopic (exact) mass is 163 g/mol. The van der Waals surface area contributed by atoms with E-state index in [0.717, 1.165) is 6.42 Å². The summed E-state index contributed by atoms with van der Waals surface area (Å²) in [5, 5.41) is 0. The smallest absolute Gasteiger partial charge is 0.311 e. The van der Waals surface area contributed by atoms with E-state index in [9.17, 15) is 4.79 Å². The minimum absolute atomic E-state index is 0.177. The van der Waals surface area contributed by atoms with E-state index < -0.39 is 0 Å². The van der Waals surface area contributed by atoms with Crippen LogP contribution >= 0.6 is 0 Å². The summed E-state index contributed by atoms with van der Waals surface area (Å²) in [4.78, 5) is 11.0. The zero-order valence-electron chi connectivity index (χ0n) is 7.04. The van der Waals surface area contributed by atoms with Crippen LogP contribution in [0.3, 0.4) is 0 Å². The van der Waals surface area contributed by atoms with Crippen LogP contribution < -0.4 is 4.74 Å². The van der Waals surface area contributed by atoms with Crippen LogP contribution in [0.15, 0.2) is 24.3 Å². The standard InChI is InChI=1S/C10H11O2/c1-2-6-10(11)12-9-7-4-3-5-8-9/h4-5,7-8H,2,6H2,1H3. The second kappa shape index (κ2) is 4.54. The fourth-order valence-corrected chi connectivity index (χ4v) is 0.826. The molecule has 0 bridgehead atoms. The van der Waals surface area contributed by atoms with Gasteiger partial charge in [0, 0.05) is 6.42 Å². The van der Waals surface area contributed by atoms with Crippen LogP contribution in [-0.4, -0.2) is 5.97 Å². The lowest BCUT2D eigenvalue weighted by atomic mass is 10.3. The Morgan fingerprint density at radius 2 is 2.17 bits per heavy atom. The minimum atomic E-state index is -0.177. The van der Waals surface area contributed by atoms with Gasteiger partial charge in [-0.1, -0.05) is 19.1 Å². The Balaban J connectivity index is 2.47. The summed E-state index contributed by atoms with van der Waals surface area (Å²) in [7, 11) is 0. The molecule has 0 unspecified atom stereocenters. The van der Waals surface area contributed by atoms with Crippen molar-refractivity contribution in [2.75, 3.05) is 0 Å². The SMILES string of the molecule is CCCC(=O)Oc1cc[c]cc1. The van der Waals surface area contributed by atoms with Crippen molar-refractivity contribution >= 4 is 5.97 Å². The van der Waals surface area contributed by atoms with Crippen LogP contribution in [0, 0.1) is 6.07 Å². The van der Waals surface area contributed by atoms with Gasteiger partial charge in [0.05, 0.1) is 0 Å². The Labute approximate surface area is 72.2 Å². The Hall–Kier alpha value is -1.31. The number of benzene rings is 1. The number of hydrogen-bond acceptors (Lipinski definition) is 2. The van der Waals surface area contributed by atoms with Crippen LogP contribution in [0.4, 0.5) is 0 Å². The molecule has 12 heavy (non-hydrogen) atoms. The Morgan fingerprint density at radius 3 is 2.75 bits per heavy atom. The van der Waals surface area contributed by atoms with Crippen molar-refractivity contribution in [3.05, 3.63) is 30.3 Å². The van der Waals surface area contributed by atoms with Crippen molar-refractivity contribution < 1.29 is 9.53 Å². The number of rotatable bonds is 3. The van der Waals surface area contributed by atoms with Crippen LogP contribution in [0.2, 0.25) is 0 Å².